The molecule has 1 N–H and O–H groups in total. The summed E-state index contributed by atoms with van der Waals surface area (Å²) in [7, 11) is 0. The molecule has 3 aromatic rings. The van der Waals surface area contributed by atoms with Gasteiger partial charge >= 0.3 is 5.97 Å². The second kappa shape index (κ2) is 6.23. The summed E-state index contributed by atoms with van der Waals surface area (Å²) in [6.45, 7) is 3.69. The molecule has 6 heteroatoms. The van der Waals surface area contributed by atoms with E-state index in [1.54, 1.807) is 6.07 Å². The predicted molar refractivity (Wildman–Crippen MR) is 99.8 cm³/mol. The zero-order valence-corrected chi connectivity index (χ0v) is 14.9. The molecule has 0 saturated heterocycles. The van der Waals surface area contributed by atoms with Crippen LogP contribution in [0.5, 0.6) is 5.75 Å². The first-order valence-electron chi connectivity index (χ1n) is 8.84. The molecular weight excluding hydrogens is 348 g/mol. The average molecular weight is 366 g/mol. The summed E-state index contributed by atoms with van der Waals surface area (Å²) in [6, 6.07) is 7.29. The number of aromatic carboxylic acids is 1. The van der Waals surface area contributed by atoms with Crippen LogP contribution in [-0.4, -0.2) is 23.0 Å². The lowest BCUT2D eigenvalue weighted by Gasteiger charge is -2.14. The van der Waals surface area contributed by atoms with Crippen molar-refractivity contribution < 1.29 is 23.8 Å². The van der Waals surface area contributed by atoms with E-state index in [-0.39, 0.29) is 50.7 Å². The first-order valence-corrected chi connectivity index (χ1v) is 8.84. The Bertz CT molecular complexity index is 1150. The Morgan fingerprint density at radius 3 is 2.44 bits per heavy atom. The zero-order valence-electron chi connectivity index (χ0n) is 14.9. The Balaban J connectivity index is 2.03. The summed E-state index contributed by atoms with van der Waals surface area (Å²) < 4.78 is 11.7. The monoisotopic (exact) mass is 366 g/mol. The Morgan fingerprint density at radius 1 is 1.11 bits per heavy atom. The lowest BCUT2D eigenvalue weighted by molar-refractivity contribution is 0.0696. The normalized spacial score (nSPS) is 14.0. The second-order valence-corrected chi connectivity index (χ2v) is 7.10. The van der Waals surface area contributed by atoms with Gasteiger partial charge in [0.2, 0.25) is 5.43 Å². The Kier molecular flexibility index (Phi) is 3.98. The van der Waals surface area contributed by atoms with Gasteiger partial charge in [0.25, 0.3) is 0 Å². The molecule has 0 bridgehead atoms. The number of ketones is 1. The van der Waals surface area contributed by atoms with Crippen molar-refractivity contribution in [3.8, 4) is 5.75 Å². The predicted octanol–water partition coefficient (Wildman–Crippen LogP) is 4.02. The van der Waals surface area contributed by atoms with Crippen LogP contribution in [0.15, 0.2) is 39.5 Å². The van der Waals surface area contributed by atoms with Crippen LogP contribution >= 0.6 is 0 Å². The molecule has 1 heterocycles. The van der Waals surface area contributed by atoms with E-state index in [2.05, 4.69) is 0 Å². The highest BCUT2D eigenvalue weighted by Gasteiger charge is 2.31. The molecule has 1 aliphatic carbocycles. The number of rotatable bonds is 5. The lowest BCUT2D eigenvalue weighted by Crippen LogP contribution is -2.11. The molecule has 2 aromatic carbocycles. The van der Waals surface area contributed by atoms with Crippen molar-refractivity contribution in [2.24, 2.45) is 5.92 Å². The molecule has 6 nitrogen and oxygen atoms in total. The molecule has 0 aliphatic heterocycles. The summed E-state index contributed by atoms with van der Waals surface area (Å²) in [6.07, 6.45) is 1.53. The van der Waals surface area contributed by atoms with Crippen LogP contribution in [0.3, 0.4) is 0 Å². The van der Waals surface area contributed by atoms with Crippen molar-refractivity contribution in [3.63, 3.8) is 0 Å². The minimum Gasteiger partial charge on any atom is -0.487 e. The van der Waals surface area contributed by atoms with Gasteiger partial charge in [-0.3, -0.25) is 9.59 Å². The van der Waals surface area contributed by atoms with E-state index in [9.17, 15) is 19.5 Å². The van der Waals surface area contributed by atoms with E-state index < -0.39 is 5.97 Å². The zero-order chi connectivity index (χ0) is 19.3. The Labute approximate surface area is 154 Å². The van der Waals surface area contributed by atoms with Crippen molar-refractivity contribution in [3.05, 3.63) is 51.7 Å². The van der Waals surface area contributed by atoms with Gasteiger partial charge in [-0.15, -0.1) is 0 Å². The number of carboxylic acids is 1. The highest BCUT2D eigenvalue weighted by atomic mass is 16.5. The molecule has 138 valence electrons. The topological polar surface area (TPSA) is 93.8 Å². The summed E-state index contributed by atoms with van der Waals surface area (Å²) in [5.41, 5.74) is 0.567. The van der Waals surface area contributed by atoms with E-state index in [4.69, 9.17) is 9.15 Å². The molecule has 1 aliphatic rings. The Hall–Kier alpha value is -3.15. The number of fused-ring (bicyclic) bond motifs is 2. The third kappa shape index (κ3) is 3.07. The fourth-order valence-electron chi connectivity index (χ4n) is 3.13. The molecule has 1 fully saturated rings. The number of carbonyl (C=O) groups is 2. The highest BCUT2D eigenvalue weighted by molar-refractivity contribution is 6.04. The van der Waals surface area contributed by atoms with E-state index in [1.165, 1.54) is 24.3 Å². The molecule has 1 aromatic heterocycles. The quantitative estimate of drug-likeness (QED) is 0.541. The van der Waals surface area contributed by atoms with Gasteiger partial charge in [0.05, 0.1) is 22.4 Å². The molecule has 0 amide bonds. The first-order chi connectivity index (χ1) is 12.8. The number of hydrogen-bond acceptors (Lipinski definition) is 5. The van der Waals surface area contributed by atoms with Crippen LogP contribution in [-0.2, 0) is 0 Å². The van der Waals surface area contributed by atoms with Crippen molar-refractivity contribution in [1.82, 2.24) is 0 Å². The van der Waals surface area contributed by atoms with Crippen LogP contribution in [0.2, 0.25) is 0 Å². The molecule has 0 atom stereocenters. The summed E-state index contributed by atoms with van der Waals surface area (Å²) >= 11 is 0. The van der Waals surface area contributed by atoms with Gasteiger partial charge < -0.3 is 14.3 Å². The smallest absolute Gasteiger partial charge is 0.335 e. The molecule has 0 radical (unpaired) electrons. The third-order valence-electron chi connectivity index (χ3n) is 4.58. The second-order valence-electron chi connectivity index (χ2n) is 7.10. The van der Waals surface area contributed by atoms with Gasteiger partial charge in [0.1, 0.15) is 5.58 Å². The fraction of sp³-hybridized carbons (Fsp3) is 0.286. The molecule has 4 rings (SSSR count). The average Bonchev–Trinajstić information content (AvgIpc) is 3.46. The third-order valence-corrected chi connectivity index (χ3v) is 4.58. The maximum Gasteiger partial charge on any atom is 0.335 e. The number of Topliss-reactive ketones (excluding diaryl/α,β-unsaturated/α-hetero) is 1. The van der Waals surface area contributed by atoms with Crippen LogP contribution in [0.4, 0.5) is 0 Å². The van der Waals surface area contributed by atoms with Crippen LogP contribution < -0.4 is 10.2 Å². The van der Waals surface area contributed by atoms with E-state index in [1.807, 2.05) is 13.8 Å². The van der Waals surface area contributed by atoms with Crippen LogP contribution in [0, 0.1) is 5.92 Å². The summed E-state index contributed by atoms with van der Waals surface area (Å²) in [5.74, 6) is -0.796. The molecule has 0 spiro atoms. The van der Waals surface area contributed by atoms with E-state index in [0.29, 0.717) is 11.3 Å². The molecule has 1 saturated carbocycles. The van der Waals surface area contributed by atoms with Crippen molar-refractivity contribution >= 4 is 33.7 Å². The minimum atomic E-state index is -1.13. The SMILES string of the molecule is CC(C)Oc1cc(C(=O)C2CC2)cc2c(=O)c3cc(C(=O)O)ccc3oc12. The van der Waals surface area contributed by atoms with E-state index in [0.717, 1.165) is 12.8 Å². The Morgan fingerprint density at radius 2 is 1.81 bits per heavy atom. The van der Waals surface area contributed by atoms with Gasteiger partial charge in [-0.2, -0.15) is 0 Å². The standard InChI is InChI=1S/C21H18O6/c1-10(2)26-17-9-13(18(22)11-3-4-11)8-15-19(23)14-7-12(21(24)25)5-6-16(14)27-20(15)17/h5-11H,3-4H2,1-2H3,(H,24,25). The van der Waals surface area contributed by atoms with E-state index >= 15 is 0 Å². The van der Waals surface area contributed by atoms with Crippen LogP contribution in [0.25, 0.3) is 21.9 Å². The summed E-state index contributed by atoms with van der Waals surface area (Å²) in [4.78, 5) is 36.8. The van der Waals surface area contributed by atoms with Crippen LogP contribution in [0.1, 0.15) is 47.4 Å². The number of benzene rings is 2. The van der Waals surface area contributed by atoms with Gasteiger partial charge in [-0.05, 0) is 57.0 Å². The molecule has 0 unspecified atom stereocenters. The van der Waals surface area contributed by atoms with Crippen molar-refractivity contribution in [2.45, 2.75) is 32.8 Å². The van der Waals surface area contributed by atoms with Crippen molar-refractivity contribution in [2.75, 3.05) is 0 Å². The number of carboxylic acid groups (broad SMARTS) is 1. The minimum absolute atomic E-state index is 0.000426. The fourth-order valence-corrected chi connectivity index (χ4v) is 3.13. The maximum absolute atomic E-state index is 13.0. The van der Waals surface area contributed by atoms with Crippen molar-refractivity contribution in [1.29, 1.82) is 0 Å². The van der Waals surface area contributed by atoms with Gasteiger partial charge in [0.15, 0.2) is 17.1 Å². The maximum atomic E-state index is 13.0. The molecule has 27 heavy (non-hydrogen) atoms. The molecular formula is C21H18O6. The van der Waals surface area contributed by atoms with Gasteiger partial charge in [0, 0.05) is 11.5 Å². The largest absolute Gasteiger partial charge is 0.487 e. The van der Waals surface area contributed by atoms with Gasteiger partial charge in [-0.25, -0.2) is 4.79 Å². The number of hydrogen-bond donors (Lipinski definition) is 1. The highest BCUT2D eigenvalue weighted by Crippen LogP contribution is 2.36. The number of carbonyl (C=O) groups excluding carboxylic acids is 1. The first kappa shape index (κ1) is 17.3. The lowest BCUT2D eigenvalue weighted by atomic mass is 10.0. The van der Waals surface area contributed by atoms with Gasteiger partial charge in [-0.1, -0.05) is 0 Å². The summed E-state index contributed by atoms with van der Waals surface area (Å²) in [5, 5.41) is 9.56. The number of ether oxygens (including phenoxy) is 1.